The molecule has 0 aliphatic rings. The first kappa shape index (κ1) is 77.5. The number of unbranched alkanes of at least 4 members (excludes halogenated alkanes) is 17. The minimum atomic E-state index is -0.823. The van der Waals surface area contributed by atoms with Crippen molar-refractivity contribution in [1.29, 1.82) is 0 Å². The van der Waals surface area contributed by atoms with Crippen molar-refractivity contribution >= 4 is 17.9 Å². The topological polar surface area (TPSA) is 78.9 Å². The molecule has 0 aromatic heterocycles. The zero-order valence-electron chi connectivity index (χ0n) is 53.1. The molecule has 0 aromatic rings. The summed E-state index contributed by atoms with van der Waals surface area (Å²) in [6.07, 6.45) is 103. The zero-order valence-corrected chi connectivity index (χ0v) is 53.1. The Labute approximate surface area is 510 Å². The number of hydrogen-bond acceptors (Lipinski definition) is 6. The molecule has 1 unspecified atom stereocenters. The van der Waals surface area contributed by atoms with E-state index in [2.05, 4.69) is 203 Å². The SMILES string of the molecule is CC/C=C\C/C=C\C/C=C\C/C=C\C/C=C\C/C=C\CCCCC(=O)OC(COC(=O)CCCCCCCCC/C=C\C/C=C\C/C=C\C/C=C\C/C=C\CC)COC(=O)CCCCCCCCCC/C=C\C/C=C\C/C=C\C/C=C\CC. The molecule has 6 nitrogen and oxygen atoms in total. The minimum absolute atomic E-state index is 0.113. The summed E-state index contributed by atoms with van der Waals surface area (Å²) in [5.41, 5.74) is 0. The van der Waals surface area contributed by atoms with E-state index in [1.807, 2.05) is 0 Å². The molecule has 0 aliphatic heterocycles. The van der Waals surface area contributed by atoms with Gasteiger partial charge < -0.3 is 14.2 Å². The lowest BCUT2D eigenvalue weighted by Crippen LogP contribution is -2.30. The smallest absolute Gasteiger partial charge is 0.306 e. The molecule has 0 saturated carbocycles. The number of carbonyl (C=O) groups is 3. The first-order valence-electron chi connectivity index (χ1n) is 33.3. The molecule has 6 heteroatoms. The molecule has 0 saturated heterocycles. The lowest BCUT2D eigenvalue weighted by molar-refractivity contribution is -0.167. The molecule has 0 radical (unpaired) electrons. The molecule has 0 N–H and O–H groups in total. The molecule has 0 fully saturated rings. The lowest BCUT2D eigenvalue weighted by atomic mass is 10.1. The molecule has 0 heterocycles. The molecule has 0 aliphatic carbocycles. The zero-order chi connectivity index (χ0) is 59.9. The molecule has 0 rings (SSSR count). The average Bonchev–Trinajstić information content (AvgIpc) is 3.49. The van der Waals surface area contributed by atoms with Gasteiger partial charge in [-0.1, -0.05) is 274 Å². The van der Waals surface area contributed by atoms with Crippen LogP contribution in [-0.4, -0.2) is 37.2 Å². The fraction of sp³-hybridized carbons (Fsp3) is 0.571. The van der Waals surface area contributed by atoms with Crippen LogP contribution < -0.4 is 0 Å². The highest BCUT2D eigenvalue weighted by molar-refractivity contribution is 5.71. The van der Waals surface area contributed by atoms with E-state index in [1.54, 1.807) is 0 Å². The van der Waals surface area contributed by atoms with E-state index in [1.165, 1.54) is 57.8 Å². The Morgan fingerprint density at radius 1 is 0.241 bits per heavy atom. The van der Waals surface area contributed by atoms with Crippen molar-refractivity contribution in [2.45, 2.75) is 271 Å². The van der Waals surface area contributed by atoms with Crippen LogP contribution in [0.5, 0.6) is 0 Å². The Kier molecular flexibility index (Phi) is 64.4. The summed E-state index contributed by atoms with van der Waals surface area (Å²) in [7, 11) is 0. The van der Waals surface area contributed by atoms with Gasteiger partial charge in [0, 0.05) is 19.3 Å². The van der Waals surface area contributed by atoms with Gasteiger partial charge in [-0.05, 0) is 154 Å². The highest BCUT2D eigenvalue weighted by atomic mass is 16.6. The maximum absolute atomic E-state index is 12.9. The van der Waals surface area contributed by atoms with Crippen molar-refractivity contribution in [2.24, 2.45) is 0 Å². The van der Waals surface area contributed by atoms with Gasteiger partial charge in [0.2, 0.25) is 0 Å². The van der Waals surface area contributed by atoms with E-state index in [9.17, 15) is 14.4 Å². The highest BCUT2D eigenvalue weighted by Crippen LogP contribution is 2.14. The van der Waals surface area contributed by atoms with Gasteiger partial charge in [-0.15, -0.1) is 0 Å². The van der Waals surface area contributed by atoms with E-state index >= 15 is 0 Å². The summed E-state index contributed by atoms with van der Waals surface area (Å²) in [4.78, 5) is 38.4. The summed E-state index contributed by atoms with van der Waals surface area (Å²) >= 11 is 0. The van der Waals surface area contributed by atoms with E-state index in [4.69, 9.17) is 14.2 Å². The van der Waals surface area contributed by atoms with Gasteiger partial charge in [0.25, 0.3) is 0 Å². The first-order chi connectivity index (χ1) is 41.0. The van der Waals surface area contributed by atoms with Crippen molar-refractivity contribution in [3.05, 3.63) is 182 Å². The molecule has 1 atom stereocenters. The minimum Gasteiger partial charge on any atom is -0.462 e. The number of carbonyl (C=O) groups excluding carboxylic acids is 3. The molecule has 0 bridgehead atoms. The molecule has 83 heavy (non-hydrogen) atoms. The third-order valence-corrected chi connectivity index (χ3v) is 13.4. The van der Waals surface area contributed by atoms with Crippen LogP contribution in [0.3, 0.4) is 0 Å². The van der Waals surface area contributed by atoms with Gasteiger partial charge in [-0.3, -0.25) is 14.4 Å². The normalized spacial score (nSPS) is 13.3. The second-order valence-corrected chi connectivity index (χ2v) is 21.2. The summed E-state index contributed by atoms with van der Waals surface area (Å²) in [6.45, 7) is 6.25. The number of ether oxygens (including phenoxy) is 3. The quantitative estimate of drug-likeness (QED) is 0.0261. The van der Waals surface area contributed by atoms with Crippen LogP contribution in [0.1, 0.15) is 265 Å². The second kappa shape index (κ2) is 69.0. The maximum Gasteiger partial charge on any atom is 0.306 e. The van der Waals surface area contributed by atoms with Gasteiger partial charge in [0.1, 0.15) is 13.2 Å². The monoisotopic (exact) mass is 1140 g/mol. The highest BCUT2D eigenvalue weighted by Gasteiger charge is 2.19. The second-order valence-electron chi connectivity index (χ2n) is 21.2. The van der Waals surface area contributed by atoms with Crippen molar-refractivity contribution in [3.63, 3.8) is 0 Å². The number of esters is 3. The van der Waals surface area contributed by atoms with E-state index in [0.29, 0.717) is 19.3 Å². The van der Waals surface area contributed by atoms with Crippen molar-refractivity contribution in [1.82, 2.24) is 0 Å². The Balaban J connectivity index is 4.54. The van der Waals surface area contributed by atoms with Crippen LogP contribution in [0.2, 0.25) is 0 Å². The largest absolute Gasteiger partial charge is 0.462 e. The van der Waals surface area contributed by atoms with E-state index < -0.39 is 6.10 Å². The van der Waals surface area contributed by atoms with Crippen LogP contribution >= 0.6 is 0 Å². The summed E-state index contributed by atoms with van der Waals surface area (Å²) < 4.78 is 16.9. The van der Waals surface area contributed by atoms with Crippen molar-refractivity contribution in [2.75, 3.05) is 13.2 Å². The lowest BCUT2D eigenvalue weighted by Gasteiger charge is -2.18. The van der Waals surface area contributed by atoms with E-state index in [-0.39, 0.29) is 37.5 Å². The van der Waals surface area contributed by atoms with Crippen LogP contribution in [0.4, 0.5) is 0 Å². The third kappa shape index (κ3) is 67.2. The fourth-order valence-corrected chi connectivity index (χ4v) is 8.52. The molecule has 0 aromatic carbocycles. The van der Waals surface area contributed by atoms with Gasteiger partial charge >= 0.3 is 17.9 Å². The van der Waals surface area contributed by atoms with E-state index in [0.717, 1.165) is 161 Å². The van der Waals surface area contributed by atoms with Crippen molar-refractivity contribution in [3.8, 4) is 0 Å². The summed E-state index contributed by atoms with van der Waals surface area (Å²) in [5.74, 6) is -0.979. The average molecular weight is 1140 g/mol. The predicted octanol–water partition coefficient (Wildman–Crippen LogP) is 23.2. The first-order valence-corrected chi connectivity index (χ1v) is 33.3. The standard InChI is InChI=1S/C77H120O6/c1-4-7-10-13-16-19-22-25-28-31-34-37-38-41-43-46-49-52-55-58-61-64-67-70-76(79)82-73-74(83-77(80)71-68-65-62-59-56-53-50-47-44-40-36-33-30-27-24-21-18-15-12-9-6-3)72-81-75(78)69-66-63-60-57-54-51-48-45-42-39-35-32-29-26-23-20-17-14-11-8-5-2/h7-12,16-21,25-30,34-37,39-41,43,47,50,56,59,74H,4-6,13-15,22-24,31-33,38,42,44-46,48-49,51-55,57-58,60-73H2,1-3H3/b10-7-,11-8-,12-9-,19-16-,20-17-,21-18-,28-25-,29-26-,30-27-,37-34-,39-35-,40-36-,43-41-,50-47-,59-56-. The van der Waals surface area contributed by atoms with Crippen molar-refractivity contribution < 1.29 is 28.6 Å². The Morgan fingerprint density at radius 2 is 0.434 bits per heavy atom. The van der Waals surface area contributed by atoms with Gasteiger partial charge in [0.05, 0.1) is 0 Å². The summed E-state index contributed by atoms with van der Waals surface area (Å²) in [5, 5.41) is 0. The van der Waals surface area contributed by atoms with Crippen LogP contribution in [0.25, 0.3) is 0 Å². The number of hydrogen-bond donors (Lipinski definition) is 0. The van der Waals surface area contributed by atoms with Gasteiger partial charge in [-0.2, -0.15) is 0 Å². The Morgan fingerprint density at radius 3 is 0.699 bits per heavy atom. The van der Waals surface area contributed by atoms with Crippen LogP contribution in [0.15, 0.2) is 182 Å². The van der Waals surface area contributed by atoms with Crippen LogP contribution in [-0.2, 0) is 28.6 Å². The van der Waals surface area contributed by atoms with Gasteiger partial charge in [-0.25, -0.2) is 0 Å². The molecular weight excluding hydrogens is 1020 g/mol. The maximum atomic E-state index is 12.9. The Bertz CT molecular complexity index is 1940. The predicted molar refractivity (Wildman–Crippen MR) is 361 cm³/mol. The molecule has 0 spiro atoms. The molecular formula is C77H120O6. The van der Waals surface area contributed by atoms with Gasteiger partial charge in [0.15, 0.2) is 6.10 Å². The fourth-order valence-electron chi connectivity index (χ4n) is 8.52. The Hall–Kier alpha value is -5.49. The summed E-state index contributed by atoms with van der Waals surface area (Å²) in [6, 6.07) is 0. The molecule has 464 valence electrons. The molecule has 0 amide bonds. The number of allylic oxidation sites excluding steroid dienone is 30. The number of rotatable bonds is 58. The van der Waals surface area contributed by atoms with Crippen LogP contribution in [0, 0.1) is 0 Å². The third-order valence-electron chi connectivity index (χ3n) is 13.4.